The van der Waals surface area contributed by atoms with Crippen molar-refractivity contribution in [1.29, 1.82) is 0 Å². The highest BCUT2D eigenvalue weighted by atomic mass is 16.5. The van der Waals surface area contributed by atoms with Crippen LogP contribution in [0.15, 0.2) is 16.9 Å². The van der Waals surface area contributed by atoms with Crippen LogP contribution in [0, 0.1) is 0 Å². The maximum Gasteiger partial charge on any atom is 0.356 e. The molecule has 1 rings (SSSR count). The van der Waals surface area contributed by atoms with Gasteiger partial charge in [0, 0.05) is 6.07 Å². The summed E-state index contributed by atoms with van der Waals surface area (Å²) in [5, 5.41) is 0. The highest BCUT2D eigenvalue weighted by molar-refractivity contribution is 5.92. The zero-order chi connectivity index (χ0) is 9.84. The molecule has 0 aliphatic rings. The number of aromatic amines is 1. The summed E-state index contributed by atoms with van der Waals surface area (Å²) in [6.07, 6.45) is 0. The minimum absolute atomic E-state index is 0.00866. The van der Waals surface area contributed by atoms with E-state index < -0.39 is 5.97 Å². The number of aromatic nitrogens is 1. The fraction of sp³-hybridized carbons (Fsp3) is 0.250. The first-order valence-electron chi connectivity index (χ1n) is 3.81. The van der Waals surface area contributed by atoms with E-state index >= 15 is 0 Å². The van der Waals surface area contributed by atoms with Gasteiger partial charge in [0.15, 0.2) is 5.69 Å². The second-order valence-electron chi connectivity index (χ2n) is 2.37. The molecule has 0 fully saturated rings. The van der Waals surface area contributed by atoms with E-state index in [-0.39, 0.29) is 23.5 Å². The quantitative estimate of drug-likeness (QED) is 0.637. The Labute approximate surface area is 74.5 Å². The van der Waals surface area contributed by atoms with E-state index in [0.717, 1.165) is 0 Å². The Morgan fingerprint density at radius 1 is 1.62 bits per heavy atom. The predicted molar refractivity (Wildman–Crippen MR) is 47.4 cm³/mol. The number of carbonyl (C=O) groups excluding carboxylic acids is 1. The third-order valence-electron chi connectivity index (χ3n) is 1.43. The van der Waals surface area contributed by atoms with E-state index in [1.165, 1.54) is 12.1 Å². The zero-order valence-electron chi connectivity index (χ0n) is 7.16. The first-order chi connectivity index (χ1) is 6.15. The second-order valence-corrected chi connectivity index (χ2v) is 2.37. The van der Waals surface area contributed by atoms with Gasteiger partial charge in [0.1, 0.15) is 0 Å². The monoisotopic (exact) mass is 182 g/mol. The van der Waals surface area contributed by atoms with Crippen molar-refractivity contribution < 1.29 is 9.53 Å². The van der Waals surface area contributed by atoms with Crippen molar-refractivity contribution in [3.8, 4) is 0 Å². The van der Waals surface area contributed by atoms with Gasteiger partial charge in [-0.2, -0.15) is 0 Å². The predicted octanol–water partition coefficient (Wildman–Crippen LogP) is 0.134. The highest BCUT2D eigenvalue weighted by Crippen LogP contribution is 2.05. The number of ether oxygens (including phenoxy) is 1. The fourth-order valence-electron chi connectivity index (χ4n) is 0.858. The molecule has 5 heteroatoms. The van der Waals surface area contributed by atoms with Gasteiger partial charge in [0.2, 0.25) is 5.56 Å². The van der Waals surface area contributed by atoms with E-state index in [4.69, 9.17) is 5.73 Å². The molecule has 1 heterocycles. The first-order valence-corrected chi connectivity index (χ1v) is 3.81. The number of hydrogen-bond donors (Lipinski definition) is 2. The molecule has 0 unspecified atom stereocenters. The van der Waals surface area contributed by atoms with Gasteiger partial charge < -0.3 is 15.5 Å². The van der Waals surface area contributed by atoms with Crippen molar-refractivity contribution in [3.05, 3.63) is 28.2 Å². The summed E-state index contributed by atoms with van der Waals surface area (Å²) in [6, 6.07) is 2.61. The van der Waals surface area contributed by atoms with Crippen molar-refractivity contribution in [2.45, 2.75) is 6.92 Å². The Hall–Kier alpha value is -1.78. The van der Waals surface area contributed by atoms with Gasteiger partial charge in [0.25, 0.3) is 0 Å². The summed E-state index contributed by atoms with van der Waals surface area (Å²) < 4.78 is 4.67. The van der Waals surface area contributed by atoms with Gasteiger partial charge in [-0.25, -0.2) is 4.79 Å². The Kier molecular flexibility index (Phi) is 2.69. The Balaban J connectivity index is 3.06. The molecule has 13 heavy (non-hydrogen) atoms. The molecule has 0 aromatic carbocycles. The number of anilines is 1. The smallest absolute Gasteiger partial charge is 0.356 e. The molecular formula is C8H10N2O3. The average molecular weight is 182 g/mol. The van der Waals surface area contributed by atoms with Crippen LogP contribution < -0.4 is 11.3 Å². The topological polar surface area (TPSA) is 85.2 Å². The van der Waals surface area contributed by atoms with Crippen molar-refractivity contribution in [3.63, 3.8) is 0 Å². The number of carbonyl (C=O) groups is 1. The van der Waals surface area contributed by atoms with E-state index in [1.54, 1.807) is 6.92 Å². The van der Waals surface area contributed by atoms with Crippen molar-refractivity contribution in [1.82, 2.24) is 4.98 Å². The second kappa shape index (κ2) is 3.75. The standard InChI is InChI=1S/C8H10N2O3/c1-2-13-8(12)7-5(9)3-4-6(11)10-7/h3-4H,2,9H2,1H3,(H,10,11). The number of nitrogens with one attached hydrogen (secondary N) is 1. The zero-order valence-corrected chi connectivity index (χ0v) is 7.16. The lowest BCUT2D eigenvalue weighted by molar-refractivity contribution is 0.0520. The van der Waals surface area contributed by atoms with Gasteiger partial charge in [-0.15, -0.1) is 0 Å². The minimum Gasteiger partial charge on any atom is -0.461 e. The number of hydrogen-bond acceptors (Lipinski definition) is 4. The van der Waals surface area contributed by atoms with Crippen LogP contribution in [-0.4, -0.2) is 17.6 Å². The van der Waals surface area contributed by atoms with E-state index in [1.807, 2.05) is 0 Å². The van der Waals surface area contributed by atoms with Crippen molar-refractivity contribution in [2.75, 3.05) is 12.3 Å². The number of nitrogen functional groups attached to an aromatic ring is 1. The molecule has 3 N–H and O–H groups in total. The summed E-state index contributed by atoms with van der Waals surface area (Å²) in [7, 11) is 0. The molecule has 0 saturated carbocycles. The van der Waals surface area contributed by atoms with Crippen molar-refractivity contribution >= 4 is 11.7 Å². The summed E-state index contributed by atoms with van der Waals surface area (Å²) in [4.78, 5) is 24.3. The van der Waals surface area contributed by atoms with Gasteiger partial charge >= 0.3 is 5.97 Å². The molecule has 0 bridgehead atoms. The lowest BCUT2D eigenvalue weighted by Gasteiger charge is -2.03. The minimum atomic E-state index is -0.613. The summed E-state index contributed by atoms with van der Waals surface area (Å²) in [5.74, 6) is -0.613. The number of esters is 1. The number of nitrogens with two attached hydrogens (primary N) is 1. The average Bonchev–Trinajstić information content (AvgIpc) is 2.09. The molecule has 0 atom stereocenters. The van der Waals surface area contributed by atoms with Crippen molar-refractivity contribution in [2.24, 2.45) is 0 Å². The lowest BCUT2D eigenvalue weighted by atomic mass is 10.3. The normalized spacial score (nSPS) is 9.62. The Bertz CT molecular complexity index is 370. The summed E-state index contributed by atoms with van der Waals surface area (Å²) >= 11 is 0. The van der Waals surface area contributed by atoms with E-state index in [9.17, 15) is 9.59 Å². The van der Waals surface area contributed by atoms with Crippen LogP contribution in [-0.2, 0) is 4.74 Å². The SMILES string of the molecule is CCOC(=O)c1[nH]c(=O)ccc1N. The molecule has 1 aromatic rings. The van der Waals surface area contributed by atoms with Gasteiger partial charge in [-0.3, -0.25) is 4.79 Å². The molecule has 5 nitrogen and oxygen atoms in total. The number of rotatable bonds is 2. The molecule has 0 aliphatic carbocycles. The van der Waals surface area contributed by atoms with Gasteiger partial charge in [-0.1, -0.05) is 0 Å². The van der Waals surface area contributed by atoms with Crippen LogP contribution >= 0.6 is 0 Å². The molecule has 0 radical (unpaired) electrons. The molecule has 1 aromatic heterocycles. The number of pyridine rings is 1. The largest absolute Gasteiger partial charge is 0.461 e. The molecule has 0 aliphatic heterocycles. The van der Waals surface area contributed by atoms with Crippen LogP contribution in [0.3, 0.4) is 0 Å². The molecule has 0 saturated heterocycles. The Morgan fingerprint density at radius 3 is 2.92 bits per heavy atom. The summed E-state index contributed by atoms with van der Waals surface area (Å²) in [5.41, 5.74) is 5.29. The van der Waals surface area contributed by atoms with Crippen LogP contribution in [0.5, 0.6) is 0 Å². The van der Waals surface area contributed by atoms with E-state index in [0.29, 0.717) is 0 Å². The molecule has 0 spiro atoms. The van der Waals surface area contributed by atoms with Crippen LogP contribution in [0.4, 0.5) is 5.69 Å². The maximum atomic E-state index is 11.1. The summed E-state index contributed by atoms with van der Waals surface area (Å²) in [6.45, 7) is 1.92. The van der Waals surface area contributed by atoms with E-state index in [2.05, 4.69) is 9.72 Å². The van der Waals surface area contributed by atoms with Gasteiger partial charge in [-0.05, 0) is 13.0 Å². The molecular weight excluding hydrogens is 172 g/mol. The van der Waals surface area contributed by atoms with Gasteiger partial charge in [0.05, 0.1) is 12.3 Å². The third kappa shape index (κ3) is 2.08. The highest BCUT2D eigenvalue weighted by Gasteiger charge is 2.10. The van der Waals surface area contributed by atoms with Crippen LogP contribution in [0.25, 0.3) is 0 Å². The van der Waals surface area contributed by atoms with Crippen LogP contribution in [0.2, 0.25) is 0 Å². The fourth-order valence-corrected chi connectivity index (χ4v) is 0.858. The Morgan fingerprint density at radius 2 is 2.31 bits per heavy atom. The van der Waals surface area contributed by atoms with Crippen LogP contribution in [0.1, 0.15) is 17.4 Å². The number of H-pyrrole nitrogens is 1. The molecule has 0 amide bonds. The first kappa shape index (κ1) is 9.31. The molecule has 70 valence electrons. The maximum absolute atomic E-state index is 11.1. The lowest BCUT2D eigenvalue weighted by Crippen LogP contribution is -2.16. The third-order valence-corrected chi connectivity index (χ3v) is 1.43.